The zero-order valence-electron chi connectivity index (χ0n) is 11.1. The minimum Gasteiger partial charge on any atom is -0.478 e. The number of hydrogen-bond acceptors (Lipinski definition) is 3. The zero-order valence-corrected chi connectivity index (χ0v) is 11.1. The highest BCUT2D eigenvalue weighted by molar-refractivity contribution is 5.89. The van der Waals surface area contributed by atoms with E-state index >= 15 is 0 Å². The van der Waals surface area contributed by atoms with Gasteiger partial charge in [-0.3, -0.25) is 0 Å². The van der Waals surface area contributed by atoms with Crippen molar-refractivity contribution in [3.05, 3.63) is 29.3 Å². The summed E-state index contributed by atoms with van der Waals surface area (Å²) in [6.07, 6.45) is 3.51. The standard InChI is InChI=1S/C15H18N2O2/c1-2-11-4-3-7-17(10-11)14-6-5-12(15(18)19)8-13(14)9-16/h5-6,8,11H,2-4,7,10H2,1H3,(H,18,19). The maximum absolute atomic E-state index is 10.9. The number of aromatic carboxylic acids is 1. The number of benzene rings is 1. The second kappa shape index (κ2) is 5.75. The number of carbonyl (C=O) groups is 1. The topological polar surface area (TPSA) is 64.3 Å². The molecule has 1 fully saturated rings. The van der Waals surface area contributed by atoms with E-state index in [1.807, 2.05) is 0 Å². The molecule has 1 saturated heterocycles. The number of anilines is 1. The molecule has 1 N–H and O–H groups in total. The predicted molar refractivity (Wildman–Crippen MR) is 73.3 cm³/mol. The second-order valence-electron chi connectivity index (χ2n) is 5.01. The fourth-order valence-electron chi connectivity index (χ4n) is 2.65. The van der Waals surface area contributed by atoms with E-state index in [-0.39, 0.29) is 5.56 Å². The molecule has 1 aromatic carbocycles. The van der Waals surface area contributed by atoms with Crippen LogP contribution in [0.4, 0.5) is 5.69 Å². The summed E-state index contributed by atoms with van der Waals surface area (Å²) in [5.74, 6) is -0.326. The smallest absolute Gasteiger partial charge is 0.335 e. The molecular formula is C15H18N2O2. The van der Waals surface area contributed by atoms with Gasteiger partial charge in [0.15, 0.2) is 0 Å². The lowest BCUT2D eigenvalue weighted by Gasteiger charge is -2.34. The van der Waals surface area contributed by atoms with Crippen LogP contribution in [0.3, 0.4) is 0 Å². The van der Waals surface area contributed by atoms with Crippen LogP contribution in [0, 0.1) is 17.2 Å². The molecule has 1 aliphatic rings. The maximum atomic E-state index is 10.9. The number of rotatable bonds is 3. The molecule has 0 saturated carbocycles. The van der Waals surface area contributed by atoms with Crippen molar-refractivity contribution in [2.24, 2.45) is 5.92 Å². The van der Waals surface area contributed by atoms with E-state index in [1.165, 1.54) is 12.5 Å². The Labute approximate surface area is 113 Å². The molecule has 0 amide bonds. The highest BCUT2D eigenvalue weighted by atomic mass is 16.4. The highest BCUT2D eigenvalue weighted by Gasteiger charge is 2.21. The molecular weight excluding hydrogens is 240 g/mol. The van der Waals surface area contributed by atoms with Gasteiger partial charge in [0.05, 0.1) is 16.8 Å². The molecule has 1 heterocycles. The van der Waals surface area contributed by atoms with Gasteiger partial charge in [-0.1, -0.05) is 13.3 Å². The minimum atomic E-state index is -0.992. The molecule has 100 valence electrons. The number of carboxylic acids is 1. The molecule has 0 radical (unpaired) electrons. The molecule has 1 aromatic rings. The largest absolute Gasteiger partial charge is 0.478 e. The average molecular weight is 258 g/mol. The monoisotopic (exact) mass is 258 g/mol. The lowest BCUT2D eigenvalue weighted by Crippen LogP contribution is -2.35. The first-order valence-corrected chi connectivity index (χ1v) is 6.68. The van der Waals surface area contributed by atoms with Crippen molar-refractivity contribution < 1.29 is 9.90 Å². The summed E-state index contributed by atoms with van der Waals surface area (Å²) in [4.78, 5) is 13.1. The Morgan fingerprint density at radius 3 is 3.00 bits per heavy atom. The molecule has 2 rings (SSSR count). The van der Waals surface area contributed by atoms with E-state index < -0.39 is 5.97 Å². The van der Waals surface area contributed by atoms with Crippen molar-refractivity contribution in [1.29, 1.82) is 5.26 Å². The molecule has 1 atom stereocenters. The second-order valence-corrected chi connectivity index (χ2v) is 5.01. The lowest BCUT2D eigenvalue weighted by molar-refractivity contribution is 0.0697. The van der Waals surface area contributed by atoms with E-state index in [0.717, 1.165) is 31.6 Å². The summed E-state index contributed by atoms with van der Waals surface area (Å²) in [7, 11) is 0. The van der Waals surface area contributed by atoms with Crippen molar-refractivity contribution in [2.45, 2.75) is 26.2 Å². The Morgan fingerprint density at radius 1 is 1.58 bits per heavy atom. The van der Waals surface area contributed by atoms with Crippen LogP contribution >= 0.6 is 0 Å². The summed E-state index contributed by atoms with van der Waals surface area (Å²) in [6.45, 7) is 4.09. The van der Waals surface area contributed by atoms with Gasteiger partial charge in [0.1, 0.15) is 6.07 Å². The number of piperidine rings is 1. The van der Waals surface area contributed by atoms with Crippen LogP contribution < -0.4 is 4.90 Å². The molecule has 0 aliphatic carbocycles. The minimum absolute atomic E-state index is 0.171. The zero-order chi connectivity index (χ0) is 13.8. The molecule has 0 aromatic heterocycles. The normalized spacial score (nSPS) is 18.9. The fraction of sp³-hybridized carbons (Fsp3) is 0.467. The van der Waals surface area contributed by atoms with Crippen LogP contribution in [0.2, 0.25) is 0 Å². The predicted octanol–water partition coefficient (Wildman–Crippen LogP) is 2.88. The third kappa shape index (κ3) is 2.87. The van der Waals surface area contributed by atoms with Crippen LogP contribution in [0.1, 0.15) is 42.1 Å². The van der Waals surface area contributed by atoms with Crippen LogP contribution in [0.25, 0.3) is 0 Å². The van der Waals surface area contributed by atoms with Crippen LogP contribution in [-0.4, -0.2) is 24.2 Å². The van der Waals surface area contributed by atoms with E-state index in [9.17, 15) is 10.1 Å². The molecule has 4 heteroatoms. The highest BCUT2D eigenvalue weighted by Crippen LogP contribution is 2.28. The summed E-state index contributed by atoms with van der Waals surface area (Å²) in [5, 5.41) is 18.2. The van der Waals surface area contributed by atoms with Gasteiger partial charge in [0, 0.05) is 13.1 Å². The molecule has 1 aliphatic heterocycles. The van der Waals surface area contributed by atoms with E-state index in [2.05, 4.69) is 17.9 Å². The average Bonchev–Trinajstić information content (AvgIpc) is 2.46. The Kier molecular flexibility index (Phi) is 4.06. The van der Waals surface area contributed by atoms with Crippen LogP contribution in [0.15, 0.2) is 18.2 Å². The number of nitrogens with zero attached hydrogens (tertiary/aromatic N) is 2. The SMILES string of the molecule is CCC1CCCN(c2ccc(C(=O)O)cc2C#N)C1. The summed E-state index contributed by atoms with van der Waals surface area (Å²) in [5.41, 5.74) is 1.49. The summed E-state index contributed by atoms with van der Waals surface area (Å²) >= 11 is 0. The van der Waals surface area contributed by atoms with Crippen molar-refractivity contribution in [3.8, 4) is 6.07 Å². The van der Waals surface area contributed by atoms with Crippen molar-refractivity contribution >= 4 is 11.7 Å². The summed E-state index contributed by atoms with van der Waals surface area (Å²) < 4.78 is 0. The lowest BCUT2D eigenvalue weighted by atomic mass is 9.94. The molecule has 4 nitrogen and oxygen atoms in total. The maximum Gasteiger partial charge on any atom is 0.335 e. The van der Waals surface area contributed by atoms with E-state index in [1.54, 1.807) is 12.1 Å². The molecule has 0 spiro atoms. The van der Waals surface area contributed by atoms with Gasteiger partial charge in [0.2, 0.25) is 0 Å². The first-order chi connectivity index (χ1) is 9.15. The van der Waals surface area contributed by atoms with E-state index in [0.29, 0.717) is 11.5 Å². The van der Waals surface area contributed by atoms with Gasteiger partial charge in [-0.15, -0.1) is 0 Å². The quantitative estimate of drug-likeness (QED) is 0.905. The van der Waals surface area contributed by atoms with Crippen LogP contribution in [0.5, 0.6) is 0 Å². The van der Waals surface area contributed by atoms with Crippen molar-refractivity contribution in [3.63, 3.8) is 0 Å². The molecule has 0 bridgehead atoms. The van der Waals surface area contributed by atoms with Gasteiger partial charge in [-0.05, 0) is 37.0 Å². The van der Waals surface area contributed by atoms with Gasteiger partial charge in [-0.2, -0.15) is 5.26 Å². The number of nitriles is 1. The Hall–Kier alpha value is -2.02. The van der Waals surface area contributed by atoms with Crippen molar-refractivity contribution in [2.75, 3.05) is 18.0 Å². The Morgan fingerprint density at radius 2 is 2.37 bits per heavy atom. The third-order valence-corrected chi connectivity index (χ3v) is 3.80. The van der Waals surface area contributed by atoms with E-state index in [4.69, 9.17) is 5.11 Å². The van der Waals surface area contributed by atoms with Crippen LogP contribution in [-0.2, 0) is 0 Å². The molecule has 19 heavy (non-hydrogen) atoms. The van der Waals surface area contributed by atoms with Crippen molar-refractivity contribution in [1.82, 2.24) is 0 Å². The van der Waals surface area contributed by atoms with Gasteiger partial charge >= 0.3 is 5.97 Å². The fourth-order valence-corrected chi connectivity index (χ4v) is 2.65. The Balaban J connectivity index is 2.29. The Bertz CT molecular complexity index is 519. The summed E-state index contributed by atoms with van der Waals surface area (Å²) in [6, 6.07) is 6.92. The third-order valence-electron chi connectivity index (χ3n) is 3.80. The van der Waals surface area contributed by atoms with Gasteiger partial charge < -0.3 is 10.0 Å². The number of hydrogen-bond donors (Lipinski definition) is 1. The molecule has 1 unspecified atom stereocenters. The first-order valence-electron chi connectivity index (χ1n) is 6.68. The van der Waals surface area contributed by atoms with Gasteiger partial charge in [0.25, 0.3) is 0 Å². The number of carboxylic acid groups (broad SMARTS) is 1. The van der Waals surface area contributed by atoms with Gasteiger partial charge in [-0.25, -0.2) is 4.79 Å². The first kappa shape index (κ1) is 13.4.